The van der Waals surface area contributed by atoms with Crippen LogP contribution in [0.25, 0.3) is 10.9 Å². The highest BCUT2D eigenvalue weighted by Crippen LogP contribution is 2.37. The van der Waals surface area contributed by atoms with Crippen LogP contribution in [0.4, 0.5) is 24.5 Å². The van der Waals surface area contributed by atoms with Gasteiger partial charge >= 0.3 is 6.18 Å². The Labute approximate surface area is 221 Å². The fraction of sp³-hybridized carbons (Fsp3) is 0.429. The van der Waals surface area contributed by atoms with Crippen LogP contribution in [0.1, 0.15) is 18.4 Å². The number of methoxy groups -OCH3 is 1. The Morgan fingerprint density at radius 3 is 2.50 bits per heavy atom. The minimum atomic E-state index is -4.32. The van der Waals surface area contributed by atoms with Gasteiger partial charge in [-0.25, -0.2) is 0 Å². The van der Waals surface area contributed by atoms with Crippen LogP contribution in [0.5, 0.6) is 5.75 Å². The first-order chi connectivity index (χ1) is 17.9. The van der Waals surface area contributed by atoms with E-state index >= 15 is 0 Å². The van der Waals surface area contributed by atoms with E-state index in [4.69, 9.17) is 4.74 Å². The van der Waals surface area contributed by atoms with Crippen LogP contribution in [0, 0.1) is 11.8 Å². The van der Waals surface area contributed by atoms with Gasteiger partial charge in [0.15, 0.2) is 0 Å². The van der Waals surface area contributed by atoms with E-state index < -0.39 is 19.9 Å². The second kappa shape index (κ2) is 11.3. The van der Waals surface area contributed by atoms with Crippen molar-refractivity contribution >= 4 is 34.7 Å². The summed E-state index contributed by atoms with van der Waals surface area (Å²) in [7, 11) is 1.22. The average molecular weight is 547 g/mol. The summed E-state index contributed by atoms with van der Waals surface area (Å²) in [6.45, 7) is 4.60. The number of aromatic nitrogens is 1. The Hall–Kier alpha value is -3.08. The summed E-state index contributed by atoms with van der Waals surface area (Å²) >= 11 is 0. The van der Waals surface area contributed by atoms with Crippen molar-refractivity contribution < 1.29 is 22.5 Å². The predicted octanol–water partition coefficient (Wildman–Crippen LogP) is 5.43. The van der Waals surface area contributed by atoms with Crippen LogP contribution in [0.2, 0.25) is 0 Å². The van der Waals surface area contributed by atoms with Crippen molar-refractivity contribution in [1.29, 1.82) is 0 Å². The Balaban J connectivity index is 1.58. The summed E-state index contributed by atoms with van der Waals surface area (Å²) in [6.07, 6.45) is -0.907. The van der Waals surface area contributed by atoms with Crippen LogP contribution >= 0.6 is 7.14 Å². The molecule has 38 heavy (non-hydrogen) atoms. The molecule has 0 bridgehead atoms. The topological polar surface area (TPSA) is 58.5 Å². The van der Waals surface area contributed by atoms with E-state index in [0.29, 0.717) is 23.4 Å². The van der Waals surface area contributed by atoms with Crippen LogP contribution < -0.4 is 20.7 Å². The molecule has 3 aromatic rings. The number of likely N-dealkylation sites (tertiary alicyclic amines) is 1. The van der Waals surface area contributed by atoms with Gasteiger partial charge in [0, 0.05) is 34.2 Å². The number of piperidine rings is 1. The maximum atomic E-state index is 13.2. The first kappa shape index (κ1) is 27.9. The van der Waals surface area contributed by atoms with Gasteiger partial charge in [0.05, 0.1) is 24.9 Å². The molecule has 1 fully saturated rings. The molecule has 0 saturated carbocycles. The molecule has 1 saturated heterocycles. The Morgan fingerprint density at radius 1 is 1.11 bits per heavy atom. The normalized spacial score (nSPS) is 15.2. The molecule has 2 N–H and O–H groups in total. The zero-order valence-corrected chi connectivity index (χ0v) is 23.0. The number of hydrogen-bond donors (Lipinski definition) is 2. The van der Waals surface area contributed by atoms with Gasteiger partial charge in [-0.2, -0.15) is 13.2 Å². The molecule has 10 heteroatoms. The molecule has 0 aliphatic carbocycles. The molecule has 0 radical (unpaired) electrons. The molecular formula is C28H34F3N4O2P. The van der Waals surface area contributed by atoms with E-state index in [-0.39, 0.29) is 6.04 Å². The lowest BCUT2D eigenvalue weighted by atomic mass is 10.0. The molecular weight excluding hydrogens is 512 g/mol. The second-order valence-corrected chi connectivity index (χ2v) is 13.3. The van der Waals surface area contributed by atoms with Crippen molar-refractivity contribution in [3.63, 3.8) is 0 Å². The Bertz CT molecular complexity index is 1390. The van der Waals surface area contributed by atoms with E-state index in [1.807, 2.05) is 18.2 Å². The molecule has 0 unspecified atom stereocenters. The highest BCUT2D eigenvalue weighted by molar-refractivity contribution is 7.70. The minimum Gasteiger partial charge on any atom is -0.495 e. The van der Waals surface area contributed by atoms with Gasteiger partial charge in [-0.15, -0.1) is 0 Å². The predicted molar refractivity (Wildman–Crippen MR) is 150 cm³/mol. The van der Waals surface area contributed by atoms with E-state index in [2.05, 4.69) is 34.4 Å². The van der Waals surface area contributed by atoms with E-state index in [1.54, 1.807) is 38.6 Å². The third-order valence-corrected chi connectivity index (χ3v) is 8.25. The van der Waals surface area contributed by atoms with Crippen molar-refractivity contribution in [2.45, 2.75) is 31.6 Å². The summed E-state index contributed by atoms with van der Waals surface area (Å²) < 4.78 is 58.7. The van der Waals surface area contributed by atoms with Gasteiger partial charge in [-0.3, -0.25) is 0 Å². The Kier molecular flexibility index (Phi) is 8.34. The largest absolute Gasteiger partial charge is 0.495 e. The molecule has 1 aliphatic heterocycles. The van der Waals surface area contributed by atoms with Crippen molar-refractivity contribution in [2.75, 3.05) is 57.8 Å². The number of ether oxygens (including phenoxy) is 1. The number of anilines is 2. The quantitative estimate of drug-likeness (QED) is 0.306. The molecule has 0 amide bonds. The molecule has 204 valence electrons. The van der Waals surface area contributed by atoms with Crippen molar-refractivity contribution in [1.82, 2.24) is 9.47 Å². The standard InChI is InChI=1S/C28H34F3N4O2P/c1-34-13-9-21(10-14-34)33-25-16-20(17-26-23(25)11-15-35(26)19-28(29,30)31)6-5-12-32-24-8-7-22(38(3,4)36)18-27(24)37-2/h7-8,11,15-18,21,32-33H,9-10,12-14,19H2,1-4H3. The molecule has 0 atom stereocenters. The molecule has 2 heterocycles. The number of halogens is 3. The zero-order valence-electron chi connectivity index (χ0n) is 22.2. The lowest BCUT2D eigenvalue weighted by molar-refractivity contribution is -0.139. The summed E-state index contributed by atoms with van der Waals surface area (Å²) in [5.74, 6) is 6.75. The van der Waals surface area contributed by atoms with E-state index in [9.17, 15) is 17.7 Å². The van der Waals surface area contributed by atoms with Gasteiger partial charge in [0.1, 0.15) is 19.4 Å². The number of rotatable bonds is 7. The van der Waals surface area contributed by atoms with Crippen LogP contribution in [0.3, 0.4) is 0 Å². The van der Waals surface area contributed by atoms with E-state index in [0.717, 1.165) is 48.0 Å². The molecule has 0 spiro atoms. The number of benzene rings is 2. The highest BCUT2D eigenvalue weighted by atomic mass is 31.2. The monoisotopic (exact) mass is 546 g/mol. The molecule has 1 aliphatic rings. The molecule has 4 rings (SSSR count). The van der Waals surface area contributed by atoms with Crippen LogP contribution in [-0.2, 0) is 11.1 Å². The summed E-state index contributed by atoms with van der Waals surface area (Å²) in [4.78, 5) is 2.27. The zero-order chi connectivity index (χ0) is 27.5. The highest BCUT2D eigenvalue weighted by Gasteiger charge is 2.28. The minimum absolute atomic E-state index is 0.252. The third-order valence-electron chi connectivity index (χ3n) is 6.72. The SMILES string of the molecule is COc1cc(P(C)(C)=O)ccc1NCC#Cc1cc(NC2CCN(C)CC2)c2ccn(CC(F)(F)F)c2c1. The van der Waals surface area contributed by atoms with Crippen molar-refractivity contribution in [3.05, 3.63) is 48.2 Å². The number of nitrogens with zero attached hydrogens (tertiary/aromatic N) is 2. The van der Waals surface area contributed by atoms with Gasteiger partial charge < -0.3 is 29.4 Å². The smallest absolute Gasteiger partial charge is 0.406 e. The van der Waals surface area contributed by atoms with Gasteiger partial charge in [-0.1, -0.05) is 11.8 Å². The molecule has 2 aromatic carbocycles. The third kappa shape index (κ3) is 7.06. The number of alkyl halides is 3. The summed E-state index contributed by atoms with van der Waals surface area (Å²) in [5, 5.41) is 8.26. The first-order valence-corrected chi connectivity index (χ1v) is 15.1. The fourth-order valence-corrected chi connectivity index (χ4v) is 5.50. The van der Waals surface area contributed by atoms with E-state index in [1.165, 1.54) is 10.8 Å². The summed E-state index contributed by atoms with van der Waals surface area (Å²) in [6, 6.07) is 11.0. The number of hydrogen-bond acceptors (Lipinski definition) is 5. The molecule has 6 nitrogen and oxygen atoms in total. The lowest BCUT2D eigenvalue weighted by Gasteiger charge is -2.30. The fourth-order valence-electron chi connectivity index (χ4n) is 4.64. The average Bonchev–Trinajstić information content (AvgIpc) is 3.24. The van der Waals surface area contributed by atoms with Crippen LogP contribution in [-0.4, -0.2) is 68.8 Å². The lowest BCUT2D eigenvalue weighted by Crippen LogP contribution is -2.36. The maximum absolute atomic E-state index is 13.2. The van der Waals surface area contributed by atoms with Crippen LogP contribution in [0.15, 0.2) is 42.6 Å². The van der Waals surface area contributed by atoms with Crippen molar-refractivity contribution in [2.24, 2.45) is 0 Å². The molecule has 1 aromatic heterocycles. The van der Waals surface area contributed by atoms with Gasteiger partial charge in [0.2, 0.25) is 0 Å². The Morgan fingerprint density at radius 2 is 1.84 bits per heavy atom. The van der Waals surface area contributed by atoms with Gasteiger partial charge in [-0.05, 0) is 82.7 Å². The first-order valence-electron chi connectivity index (χ1n) is 12.5. The van der Waals surface area contributed by atoms with Crippen molar-refractivity contribution in [3.8, 4) is 17.6 Å². The van der Waals surface area contributed by atoms with Gasteiger partial charge in [0.25, 0.3) is 0 Å². The second-order valence-electron chi connectivity index (χ2n) is 10.1. The number of fused-ring (bicyclic) bond motifs is 1. The number of nitrogens with one attached hydrogen (secondary N) is 2. The summed E-state index contributed by atoms with van der Waals surface area (Å²) in [5.41, 5.74) is 2.66. The maximum Gasteiger partial charge on any atom is 0.406 e.